The monoisotopic (exact) mass is 364 g/mol. The molecule has 0 unspecified atom stereocenters. The zero-order valence-electron chi connectivity index (χ0n) is 15.6. The molecule has 140 valence electrons. The molecule has 3 amide bonds. The van der Waals surface area contributed by atoms with Crippen molar-refractivity contribution >= 4 is 29.0 Å². The molecule has 4 rings (SSSR count). The van der Waals surface area contributed by atoms with Gasteiger partial charge in [0.1, 0.15) is 0 Å². The fourth-order valence-corrected chi connectivity index (χ4v) is 3.96. The standard InChI is InChI=1S/C21H24N4O2/c1-14-13-24(2)12-11-16(14)23-21(27)25-18-9-5-3-7-15(18)20(26)22-17-8-4-6-10-19(17)25/h3-10,14,16H,11-13H2,1-2H3,(H,22,26)(H,23,27)/t14-,16+/m1/s1. The van der Waals surface area contributed by atoms with Crippen molar-refractivity contribution < 1.29 is 9.59 Å². The molecule has 2 aliphatic rings. The van der Waals surface area contributed by atoms with Crippen LogP contribution in [0.3, 0.4) is 0 Å². The van der Waals surface area contributed by atoms with Crippen molar-refractivity contribution in [3.05, 3.63) is 54.1 Å². The zero-order valence-corrected chi connectivity index (χ0v) is 15.6. The smallest absolute Gasteiger partial charge is 0.326 e. The lowest BCUT2D eigenvalue weighted by Gasteiger charge is -2.36. The van der Waals surface area contributed by atoms with Gasteiger partial charge in [-0.1, -0.05) is 31.2 Å². The van der Waals surface area contributed by atoms with E-state index < -0.39 is 0 Å². The van der Waals surface area contributed by atoms with Crippen LogP contribution in [0.15, 0.2) is 48.5 Å². The van der Waals surface area contributed by atoms with E-state index in [1.165, 1.54) is 0 Å². The number of hydrogen-bond donors (Lipinski definition) is 2. The number of carbonyl (C=O) groups excluding carboxylic acids is 2. The molecular formula is C21H24N4O2. The molecule has 0 aromatic heterocycles. The molecular weight excluding hydrogens is 340 g/mol. The van der Waals surface area contributed by atoms with Crippen LogP contribution in [0.5, 0.6) is 0 Å². The number of hydrogen-bond acceptors (Lipinski definition) is 3. The maximum absolute atomic E-state index is 13.3. The van der Waals surface area contributed by atoms with Crippen molar-refractivity contribution in [2.45, 2.75) is 19.4 Å². The van der Waals surface area contributed by atoms with Crippen LogP contribution in [0.1, 0.15) is 23.7 Å². The Kier molecular flexibility index (Phi) is 4.58. The van der Waals surface area contributed by atoms with Gasteiger partial charge in [0, 0.05) is 12.6 Å². The number of para-hydroxylation sites is 3. The molecule has 2 aromatic rings. The minimum Gasteiger partial charge on any atom is -0.334 e. The molecule has 0 saturated carbocycles. The quantitative estimate of drug-likeness (QED) is 0.815. The van der Waals surface area contributed by atoms with Gasteiger partial charge in [0.05, 0.1) is 22.6 Å². The van der Waals surface area contributed by atoms with E-state index in [2.05, 4.69) is 29.5 Å². The fraction of sp³-hybridized carbons (Fsp3) is 0.333. The molecule has 0 aliphatic carbocycles. The topological polar surface area (TPSA) is 64.7 Å². The van der Waals surface area contributed by atoms with Crippen molar-refractivity contribution in [1.29, 1.82) is 0 Å². The zero-order chi connectivity index (χ0) is 19.0. The van der Waals surface area contributed by atoms with Crippen LogP contribution in [0.4, 0.5) is 21.9 Å². The van der Waals surface area contributed by atoms with Crippen LogP contribution in [0, 0.1) is 5.92 Å². The fourth-order valence-electron chi connectivity index (χ4n) is 3.96. The summed E-state index contributed by atoms with van der Waals surface area (Å²) in [6.07, 6.45) is 0.914. The van der Waals surface area contributed by atoms with Gasteiger partial charge in [-0.15, -0.1) is 0 Å². The van der Waals surface area contributed by atoms with Crippen LogP contribution in [-0.4, -0.2) is 43.0 Å². The molecule has 27 heavy (non-hydrogen) atoms. The van der Waals surface area contributed by atoms with Crippen molar-refractivity contribution in [2.24, 2.45) is 5.92 Å². The number of piperidine rings is 1. The van der Waals surface area contributed by atoms with E-state index in [4.69, 9.17) is 0 Å². The average Bonchev–Trinajstić information content (AvgIpc) is 2.78. The number of nitrogens with one attached hydrogen (secondary N) is 2. The summed E-state index contributed by atoms with van der Waals surface area (Å²) in [5.41, 5.74) is 2.39. The number of carbonyl (C=O) groups is 2. The summed E-state index contributed by atoms with van der Waals surface area (Å²) in [5, 5.41) is 6.12. The van der Waals surface area contributed by atoms with Crippen molar-refractivity contribution in [3.8, 4) is 0 Å². The molecule has 0 spiro atoms. The summed E-state index contributed by atoms with van der Waals surface area (Å²) >= 11 is 0. The molecule has 2 aromatic carbocycles. The van der Waals surface area contributed by atoms with Gasteiger partial charge in [-0.05, 0) is 50.2 Å². The average molecular weight is 364 g/mol. The number of benzene rings is 2. The molecule has 1 fully saturated rings. The lowest BCUT2D eigenvalue weighted by molar-refractivity contribution is 0.102. The van der Waals surface area contributed by atoms with Gasteiger partial charge in [0.2, 0.25) is 0 Å². The van der Waals surface area contributed by atoms with Crippen LogP contribution in [-0.2, 0) is 0 Å². The minimum absolute atomic E-state index is 0.111. The van der Waals surface area contributed by atoms with E-state index in [1.54, 1.807) is 11.0 Å². The van der Waals surface area contributed by atoms with Crippen LogP contribution < -0.4 is 15.5 Å². The van der Waals surface area contributed by atoms with Crippen LogP contribution in [0.25, 0.3) is 0 Å². The Morgan fingerprint density at radius 1 is 1.11 bits per heavy atom. The molecule has 1 saturated heterocycles. The molecule has 6 heteroatoms. The lowest BCUT2D eigenvalue weighted by Crippen LogP contribution is -2.51. The number of amides is 3. The minimum atomic E-state index is -0.207. The number of rotatable bonds is 1. The van der Waals surface area contributed by atoms with E-state index in [0.29, 0.717) is 28.5 Å². The summed E-state index contributed by atoms with van der Waals surface area (Å²) in [5.74, 6) is 0.158. The van der Waals surface area contributed by atoms with Crippen molar-refractivity contribution in [2.75, 3.05) is 30.4 Å². The summed E-state index contributed by atoms with van der Waals surface area (Å²) in [6, 6.07) is 14.5. The highest BCUT2D eigenvalue weighted by Crippen LogP contribution is 2.37. The van der Waals surface area contributed by atoms with E-state index in [9.17, 15) is 9.59 Å². The highest BCUT2D eigenvalue weighted by molar-refractivity contribution is 6.17. The van der Waals surface area contributed by atoms with Crippen LogP contribution >= 0.6 is 0 Å². The first-order valence-corrected chi connectivity index (χ1v) is 9.33. The van der Waals surface area contributed by atoms with Gasteiger partial charge in [-0.25, -0.2) is 4.79 Å². The van der Waals surface area contributed by atoms with E-state index in [0.717, 1.165) is 19.5 Å². The van der Waals surface area contributed by atoms with E-state index in [1.807, 2.05) is 42.5 Å². The third kappa shape index (κ3) is 3.28. The van der Waals surface area contributed by atoms with Gasteiger partial charge >= 0.3 is 6.03 Å². The maximum Gasteiger partial charge on any atom is 0.326 e. The molecule has 2 heterocycles. The second-order valence-electron chi connectivity index (χ2n) is 7.41. The van der Waals surface area contributed by atoms with Gasteiger partial charge in [-0.3, -0.25) is 9.69 Å². The summed E-state index contributed by atoms with van der Waals surface area (Å²) < 4.78 is 0. The Labute approximate surface area is 159 Å². The molecule has 2 N–H and O–H groups in total. The first-order chi connectivity index (χ1) is 13.0. The van der Waals surface area contributed by atoms with Crippen molar-refractivity contribution in [3.63, 3.8) is 0 Å². The van der Waals surface area contributed by atoms with E-state index in [-0.39, 0.29) is 18.0 Å². The number of fused-ring (bicyclic) bond motifs is 2. The predicted molar refractivity (Wildman–Crippen MR) is 107 cm³/mol. The largest absolute Gasteiger partial charge is 0.334 e. The Balaban J connectivity index is 1.71. The van der Waals surface area contributed by atoms with Gasteiger partial charge < -0.3 is 15.5 Å². The predicted octanol–water partition coefficient (Wildman–Crippen LogP) is 3.44. The molecule has 0 bridgehead atoms. The second-order valence-corrected chi connectivity index (χ2v) is 7.41. The Morgan fingerprint density at radius 2 is 1.81 bits per heavy atom. The number of anilines is 3. The first kappa shape index (κ1) is 17.5. The molecule has 0 radical (unpaired) electrons. The second kappa shape index (κ2) is 7.04. The number of likely N-dealkylation sites (tertiary alicyclic amines) is 1. The Bertz CT molecular complexity index is 882. The number of nitrogens with zero attached hydrogens (tertiary/aromatic N) is 2. The first-order valence-electron chi connectivity index (χ1n) is 9.33. The molecule has 2 atom stereocenters. The van der Waals surface area contributed by atoms with Crippen molar-refractivity contribution in [1.82, 2.24) is 10.2 Å². The summed E-state index contributed by atoms with van der Waals surface area (Å²) in [7, 11) is 2.10. The Hall–Kier alpha value is -2.86. The summed E-state index contributed by atoms with van der Waals surface area (Å²) in [6.45, 7) is 4.08. The third-order valence-corrected chi connectivity index (χ3v) is 5.40. The van der Waals surface area contributed by atoms with Crippen LogP contribution in [0.2, 0.25) is 0 Å². The molecule has 2 aliphatic heterocycles. The number of urea groups is 1. The molecule has 6 nitrogen and oxygen atoms in total. The normalized spacial score (nSPS) is 22.3. The van der Waals surface area contributed by atoms with E-state index >= 15 is 0 Å². The maximum atomic E-state index is 13.3. The summed E-state index contributed by atoms with van der Waals surface area (Å²) in [4.78, 5) is 29.9. The van der Waals surface area contributed by atoms with Gasteiger partial charge in [-0.2, -0.15) is 0 Å². The van der Waals surface area contributed by atoms with Gasteiger partial charge in [0.25, 0.3) is 5.91 Å². The SMILES string of the molecule is C[C@@H]1CN(C)CC[C@@H]1NC(=O)N1c2ccccc2NC(=O)c2ccccc21. The highest BCUT2D eigenvalue weighted by Gasteiger charge is 2.32. The highest BCUT2D eigenvalue weighted by atomic mass is 16.2. The lowest BCUT2D eigenvalue weighted by atomic mass is 9.94. The Morgan fingerprint density at radius 3 is 2.59 bits per heavy atom. The third-order valence-electron chi connectivity index (χ3n) is 5.40. The van der Waals surface area contributed by atoms with Gasteiger partial charge in [0.15, 0.2) is 0 Å².